The molecule has 230 valence electrons. The third kappa shape index (κ3) is 5.45. The van der Waals surface area contributed by atoms with Gasteiger partial charge < -0.3 is 20.7 Å². The fraction of sp³-hybridized carbons (Fsp3) is 0.367. The van der Waals surface area contributed by atoms with Gasteiger partial charge in [-0.15, -0.1) is 0 Å². The van der Waals surface area contributed by atoms with Crippen molar-refractivity contribution in [3.8, 4) is 11.3 Å². The molecule has 1 aliphatic carbocycles. The number of amides is 2. The van der Waals surface area contributed by atoms with Crippen molar-refractivity contribution in [3.63, 3.8) is 0 Å². The lowest BCUT2D eigenvalue weighted by atomic mass is 10.1. The number of imidazole rings is 1. The Morgan fingerprint density at radius 1 is 1.16 bits per heavy atom. The molecule has 0 spiro atoms. The minimum absolute atomic E-state index is 0.0272. The maximum atomic E-state index is 15.7. The van der Waals surface area contributed by atoms with Crippen molar-refractivity contribution in [1.29, 1.82) is 0 Å². The summed E-state index contributed by atoms with van der Waals surface area (Å²) in [5.74, 6) is -1.33. The van der Waals surface area contributed by atoms with E-state index in [0.717, 1.165) is 36.9 Å². The van der Waals surface area contributed by atoms with Crippen LogP contribution in [0.4, 0.5) is 29.2 Å². The zero-order valence-electron chi connectivity index (χ0n) is 23.9. The largest absolute Gasteiger partial charge is 0.416 e. The van der Waals surface area contributed by atoms with Gasteiger partial charge in [0.25, 0.3) is 5.91 Å². The van der Waals surface area contributed by atoms with Crippen LogP contribution in [0.2, 0.25) is 0 Å². The second kappa shape index (κ2) is 11.2. The van der Waals surface area contributed by atoms with E-state index in [4.69, 9.17) is 15.5 Å². The maximum Gasteiger partial charge on any atom is 0.416 e. The number of benzene rings is 1. The van der Waals surface area contributed by atoms with E-state index in [1.54, 1.807) is 10.6 Å². The van der Waals surface area contributed by atoms with E-state index in [-0.39, 0.29) is 52.9 Å². The molecule has 1 saturated heterocycles. The first-order valence-electron chi connectivity index (χ1n) is 14.2. The van der Waals surface area contributed by atoms with Crippen molar-refractivity contribution in [2.24, 2.45) is 5.92 Å². The summed E-state index contributed by atoms with van der Waals surface area (Å²) >= 11 is 0. The minimum Gasteiger partial charge on any atom is -0.382 e. The minimum atomic E-state index is -4.62. The molecule has 1 aromatic carbocycles. The summed E-state index contributed by atoms with van der Waals surface area (Å²) in [5.41, 5.74) is 6.48. The van der Waals surface area contributed by atoms with Gasteiger partial charge in [-0.2, -0.15) is 13.2 Å². The Balaban J connectivity index is 1.35. The van der Waals surface area contributed by atoms with Crippen LogP contribution < -0.4 is 11.1 Å². The summed E-state index contributed by atoms with van der Waals surface area (Å²) < 4.78 is 62.9. The van der Waals surface area contributed by atoms with Crippen molar-refractivity contribution in [3.05, 3.63) is 71.2 Å². The molecule has 0 bridgehead atoms. The van der Waals surface area contributed by atoms with Crippen molar-refractivity contribution in [2.75, 3.05) is 24.2 Å². The lowest BCUT2D eigenvalue weighted by molar-refractivity contribution is -0.146. The highest BCUT2D eigenvalue weighted by Gasteiger charge is 2.40. The Bertz CT molecular complexity index is 1770. The van der Waals surface area contributed by atoms with Gasteiger partial charge in [0, 0.05) is 35.1 Å². The highest BCUT2D eigenvalue weighted by atomic mass is 19.4. The first kappa shape index (κ1) is 29.5. The summed E-state index contributed by atoms with van der Waals surface area (Å²) in [5, 5.41) is 2.27. The van der Waals surface area contributed by atoms with Gasteiger partial charge >= 0.3 is 6.18 Å². The molecule has 2 aliphatic rings. The first-order chi connectivity index (χ1) is 21.0. The van der Waals surface area contributed by atoms with E-state index in [1.165, 1.54) is 12.1 Å². The molecule has 1 aliphatic heterocycles. The Morgan fingerprint density at radius 2 is 1.93 bits per heavy atom. The van der Waals surface area contributed by atoms with Crippen molar-refractivity contribution in [2.45, 2.75) is 51.4 Å². The number of rotatable bonds is 6. The summed E-state index contributed by atoms with van der Waals surface area (Å²) in [7, 11) is 0. The number of aryl methyl sites for hydroxylation is 1. The van der Waals surface area contributed by atoms with Gasteiger partial charge in [0.05, 0.1) is 24.8 Å². The predicted molar refractivity (Wildman–Crippen MR) is 152 cm³/mol. The molecule has 1 saturated carbocycles. The third-order valence-corrected chi connectivity index (χ3v) is 7.89. The maximum absolute atomic E-state index is 15.7. The Labute approximate surface area is 249 Å². The van der Waals surface area contributed by atoms with Gasteiger partial charge in [0.15, 0.2) is 0 Å². The molecule has 2 atom stereocenters. The van der Waals surface area contributed by atoms with Crippen molar-refractivity contribution < 1.29 is 31.9 Å². The van der Waals surface area contributed by atoms with E-state index in [0.29, 0.717) is 30.4 Å². The smallest absolute Gasteiger partial charge is 0.382 e. The molecular weight excluding hydrogens is 582 g/mol. The number of nitrogen functional groups attached to an aromatic ring is 1. The molecule has 14 heteroatoms. The molecule has 3 N–H and O–H groups in total. The molecule has 2 fully saturated rings. The van der Waals surface area contributed by atoms with Crippen molar-refractivity contribution >= 4 is 29.0 Å². The summed E-state index contributed by atoms with van der Waals surface area (Å²) in [6.45, 7) is 4.43. The summed E-state index contributed by atoms with van der Waals surface area (Å²) in [4.78, 5) is 40.5. The molecule has 3 aromatic heterocycles. The lowest BCUT2D eigenvalue weighted by Gasteiger charge is -2.37. The summed E-state index contributed by atoms with van der Waals surface area (Å²) in [6, 6.07) is 5.00. The van der Waals surface area contributed by atoms with Gasteiger partial charge in [-0.1, -0.05) is 6.92 Å². The van der Waals surface area contributed by atoms with E-state index < -0.39 is 29.6 Å². The van der Waals surface area contributed by atoms with Crippen LogP contribution in [0, 0.1) is 11.7 Å². The van der Waals surface area contributed by atoms with Crippen LogP contribution in [0.15, 0.2) is 42.7 Å². The number of carbonyl (C=O) groups is 2. The molecule has 4 heterocycles. The van der Waals surface area contributed by atoms with Crippen LogP contribution in [0.25, 0.3) is 16.8 Å². The summed E-state index contributed by atoms with van der Waals surface area (Å²) in [6.07, 6.45) is -0.415. The number of nitrogens with two attached hydrogens (primary N) is 1. The highest BCUT2D eigenvalue weighted by molar-refractivity contribution is 6.04. The average Bonchev–Trinajstić information content (AvgIpc) is 3.77. The fourth-order valence-corrected chi connectivity index (χ4v) is 5.38. The van der Waals surface area contributed by atoms with E-state index in [2.05, 4.69) is 15.3 Å². The van der Waals surface area contributed by atoms with Gasteiger partial charge in [0.1, 0.15) is 40.6 Å². The number of halogens is 4. The lowest BCUT2D eigenvalue weighted by Crippen LogP contribution is -2.49. The van der Waals surface area contributed by atoms with Gasteiger partial charge in [-0.3, -0.25) is 14.0 Å². The Morgan fingerprint density at radius 3 is 2.61 bits per heavy atom. The Hall–Kier alpha value is -4.59. The topological polar surface area (TPSA) is 128 Å². The second-order valence-corrected chi connectivity index (χ2v) is 11.0. The second-order valence-electron chi connectivity index (χ2n) is 11.0. The van der Waals surface area contributed by atoms with E-state index in [9.17, 15) is 22.8 Å². The van der Waals surface area contributed by atoms with Gasteiger partial charge in [0.2, 0.25) is 5.91 Å². The number of hydrogen-bond acceptors (Lipinski definition) is 7. The number of pyridine rings is 1. The number of carbonyl (C=O) groups excluding carboxylic acids is 2. The molecule has 0 radical (unpaired) electrons. The first-order valence-corrected chi connectivity index (χ1v) is 14.2. The van der Waals surface area contributed by atoms with Crippen LogP contribution in [0.3, 0.4) is 0 Å². The number of alkyl halides is 3. The van der Waals surface area contributed by atoms with Crippen LogP contribution >= 0.6 is 0 Å². The number of nitrogens with zero attached hydrogens (tertiary/aromatic N) is 5. The van der Waals surface area contributed by atoms with E-state index in [1.807, 2.05) is 18.7 Å². The number of nitrogens with one attached hydrogen (secondary N) is 1. The number of ether oxygens (including phenoxy) is 1. The quantitative estimate of drug-likeness (QED) is 0.292. The third-order valence-electron chi connectivity index (χ3n) is 7.89. The zero-order chi connectivity index (χ0) is 31.3. The number of hydrogen-bond donors (Lipinski definition) is 2. The van der Waals surface area contributed by atoms with Gasteiger partial charge in [-0.25, -0.2) is 19.3 Å². The fourth-order valence-electron chi connectivity index (χ4n) is 5.38. The standard InChI is InChI=1S/C30H29F4N7O3/c1-3-19-12-37-26(35)25-24(39-27(41(19)25)22-13-40(15(2)14-44-22)29(43)16-4-5-16)20-7-6-17(10-21(20)31)28(42)38-23-11-18(8-9-36-23)30(32,33)34/h6-12,15-16,22H,3-5,13-14H2,1-2H3,(H2,35,37)(H,36,38,42)/t15-,22+/m0/s1. The normalized spacial score (nSPS) is 18.9. The average molecular weight is 612 g/mol. The van der Waals surface area contributed by atoms with Crippen LogP contribution in [0.5, 0.6) is 0 Å². The zero-order valence-corrected chi connectivity index (χ0v) is 23.9. The van der Waals surface area contributed by atoms with Crippen LogP contribution in [-0.2, 0) is 22.1 Å². The SMILES string of the molecule is CCc1cnc(N)c2c(-c3ccc(C(=O)Nc4cc(C(F)(F)F)ccn4)cc3F)nc([C@H]3CN(C(=O)C4CC4)[C@@H](C)CO3)n12. The number of anilines is 2. The molecule has 6 rings (SSSR count). The molecule has 10 nitrogen and oxygen atoms in total. The molecule has 4 aromatic rings. The van der Waals surface area contributed by atoms with Gasteiger partial charge in [-0.05, 0) is 56.5 Å². The molecule has 0 unspecified atom stereocenters. The van der Waals surface area contributed by atoms with Crippen molar-refractivity contribution in [1.82, 2.24) is 24.3 Å². The number of fused-ring (bicyclic) bond motifs is 1. The molecular formula is C30H29F4N7O3. The molecule has 44 heavy (non-hydrogen) atoms. The van der Waals surface area contributed by atoms with E-state index >= 15 is 4.39 Å². The number of morpholine rings is 1. The number of aromatic nitrogens is 4. The predicted octanol–water partition coefficient (Wildman–Crippen LogP) is 5.04. The Kier molecular flexibility index (Phi) is 7.48. The van der Waals surface area contributed by atoms with Crippen LogP contribution in [-0.4, -0.2) is 55.3 Å². The van der Waals surface area contributed by atoms with Crippen LogP contribution in [0.1, 0.15) is 60.2 Å². The highest BCUT2D eigenvalue weighted by Crippen LogP contribution is 2.38. The molecule has 2 amide bonds. The monoisotopic (exact) mass is 611 g/mol.